The lowest BCUT2D eigenvalue weighted by Gasteiger charge is -2.11. The molecule has 92 valence electrons. The van der Waals surface area contributed by atoms with Crippen LogP contribution in [0.15, 0.2) is 0 Å². The van der Waals surface area contributed by atoms with Crippen LogP contribution in [0.5, 0.6) is 0 Å². The quantitative estimate of drug-likeness (QED) is 0.617. The van der Waals surface area contributed by atoms with E-state index in [9.17, 15) is 18.3 Å². The second kappa shape index (κ2) is 7.90. The van der Waals surface area contributed by atoms with Crippen molar-refractivity contribution in [1.82, 2.24) is 5.32 Å². The molecule has 0 rings (SSSR count). The zero-order valence-corrected chi connectivity index (χ0v) is 8.81. The highest BCUT2D eigenvalue weighted by Gasteiger charge is 2.25. The number of rotatable bonds is 8. The van der Waals surface area contributed by atoms with Gasteiger partial charge in [-0.3, -0.25) is 0 Å². The van der Waals surface area contributed by atoms with Crippen molar-refractivity contribution in [3.8, 4) is 0 Å². The Morgan fingerprint density at radius 2 is 2.07 bits per heavy atom. The van der Waals surface area contributed by atoms with Crippen LogP contribution in [0.25, 0.3) is 0 Å². The van der Waals surface area contributed by atoms with Gasteiger partial charge in [-0.15, -0.1) is 0 Å². The topological polar surface area (TPSA) is 41.5 Å². The Hall–Kier alpha value is -0.330. The van der Waals surface area contributed by atoms with Gasteiger partial charge in [0.1, 0.15) is 0 Å². The summed E-state index contributed by atoms with van der Waals surface area (Å²) >= 11 is 0. The van der Waals surface area contributed by atoms with Gasteiger partial charge in [0.05, 0.1) is 12.7 Å². The minimum atomic E-state index is -4.12. The lowest BCUT2D eigenvalue weighted by Crippen LogP contribution is -2.30. The SMILES string of the molecule is CCNCC(O)COCCCC(F)(F)F. The van der Waals surface area contributed by atoms with Crippen molar-refractivity contribution in [3.63, 3.8) is 0 Å². The van der Waals surface area contributed by atoms with Crippen LogP contribution in [0.2, 0.25) is 0 Å². The van der Waals surface area contributed by atoms with Gasteiger partial charge in [0, 0.05) is 19.6 Å². The molecule has 0 aromatic rings. The van der Waals surface area contributed by atoms with E-state index in [1.54, 1.807) is 0 Å². The fourth-order valence-electron chi connectivity index (χ4n) is 0.964. The van der Waals surface area contributed by atoms with E-state index in [-0.39, 0.29) is 19.6 Å². The van der Waals surface area contributed by atoms with Crippen LogP contribution >= 0.6 is 0 Å². The Balaban J connectivity index is 3.23. The van der Waals surface area contributed by atoms with E-state index in [0.717, 1.165) is 6.54 Å². The van der Waals surface area contributed by atoms with E-state index in [4.69, 9.17) is 4.74 Å². The number of nitrogens with one attached hydrogen (secondary N) is 1. The first-order valence-corrected chi connectivity index (χ1v) is 4.99. The van der Waals surface area contributed by atoms with Crippen molar-refractivity contribution >= 4 is 0 Å². The molecule has 0 aliphatic rings. The molecule has 3 nitrogen and oxygen atoms in total. The third kappa shape index (κ3) is 11.6. The van der Waals surface area contributed by atoms with Crippen LogP contribution in [-0.2, 0) is 4.74 Å². The zero-order valence-electron chi connectivity index (χ0n) is 8.81. The van der Waals surface area contributed by atoms with E-state index in [1.807, 2.05) is 6.92 Å². The monoisotopic (exact) mass is 229 g/mol. The summed E-state index contributed by atoms with van der Waals surface area (Å²) in [4.78, 5) is 0. The second-order valence-electron chi connectivity index (χ2n) is 3.26. The molecular weight excluding hydrogens is 211 g/mol. The van der Waals surface area contributed by atoms with Gasteiger partial charge in [0.25, 0.3) is 0 Å². The number of hydrogen-bond acceptors (Lipinski definition) is 3. The van der Waals surface area contributed by atoms with Crippen molar-refractivity contribution in [3.05, 3.63) is 0 Å². The smallest absolute Gasteiger partial charge is 0.389 e. The van der Waals surface area contributed by atoms with E-state index in [2.05, 4.69) is 5.32 Å². The summed E-state index contributed by atoms with van der Waals surface area (Å²) in [5.74, 6) is 0. The van der Waals surface area contributed by atoms with Crippen LogP contribution in [0.1, 0.15) is 19.8 Å². The molecule has 0 aromatic carbocycles. The number of aliphatic hydroxyl groups is 1. The fourth-order valence-corrected chi connectivity index (χ4v) is 0.964. The first-order valence-electron chi connectivity index (χ1n) is 4.99. The number of alkyl halides is 3. The third-order valence-electron chi connectivity index (χ3n) is 1.69. The predicted molar refractivity (Wildman–Crippen MR) is 50.7 cm³/mol. The van der Waals surface area contributed by atoms with Gasteiger partial charge in [-0.05, 0) is 13.0 Å². The van der Waals surface area contributed by atoms with Crippen molar-refractivity contribution in [2.75, 3.05) is 26.3 Å². The number of ether oxygens (including phenoxy) is 1. The van der Waals surface area contributed by atoms with Crippen molar-refractivity contribution < 1.29 is 23.0 Å². The summed E-state index contributed by atoms with van der Waals surface area (Å²) in [7, 11) is 0. The molecule has 6 heteroatoms. The summed E-state index contributed by atoms with van der Waals surface area (Å²) in [5.41, 5.74) is 0. The largest absolute Gasteiger partial charge is 0.389 e. The molecule has 0 heterocycles. The van der Waals surface area contributed by atoms with E-state index < -0.39 is 18.7 Å². The van der Waals surface area contributed by atoms with Crippen LogP contribution < -0.4 is 5.32 Å². The summed E-state index contributed by atoms with van der Waals surface area (Å²) < 4.78 is 40.0. The van der Waals surface area contributed by atoms with Gasteiger partial charge in [0.2, 0.25) is 0 Å². The Labute approximate surface area is 87.6 Å². The van der Waals surface area contributed by atoms with Gasteiger partial charge >= 0.3 is 6.18 Å². The average Bonchev–Trinajstić information content (AvgIpc) is 2.12. The Morgan fingerprint density at radius 3 is 2.60 bits per heavy atom. The fraction of sp³-hybridized carbons (Fsp3) is 1.00. The number of likely N-dealkylation sites (N-methyl/N-ethyl adjacent to an activating group) is 1. The molecule has 0 amide bonds. The maximum absolute atomic E-state index is 11.7. The molecule has 0 bridgehead atoms. The summed E-state index contributed by atoms with van der Waals surface area (Å²) in [6, 6.07) is 0. The van der Waals surface area contributed by atoms with Gasteiger partial charge in [0.15, 0.2) is 0 Å². The highest BCUT2D eigenvalue weighted by molar-refractivity contribution is 4.57. The van der Waals surface area contributed by atoms with Crippen molar-refractivity contribution in [2.45, 2.75) is 32.0 Å². The van der Waals surface area contributed by atoms with Crippen LogP contribution in [0.4, 0.5) is 13.2 Å². The highest BCUT2D eigenvalue weighted by atomic mass is 19.4. The standard InChI is InChI=1S/C9H18F3NO2/c1-2-13-6-8(14)7-15-5-3-4-9(10,11)12/h8,13-14H,2-7H2,1H3. The lowest BCUT2D eigenvalue weighted by molar-refractivity contribution is -0.138. The van der Waals surface area contributed by atoms with Crippen LogP contribution in [0, 0.1) is 0 Å². The molecule has 2 N–H and O–H groups in total. The zero-order chi connectivity index (χ0) is 11.7. The summed E-state index contributed by atoms with van der Waals surface area (Å²) in [6.45, 7) is 3.14. The molecule has 0 radical (unpaired) electrons. The van der Waals surface area contributed by atoms with Crippen molar-refractivity contribution in [1.29, 1.82) is 0 Å². The molecule has 0 fully saturated rings. The lowest BCUT2D eigenvalue weighted by atomic mass is 10.3. The summed E-state index contributed by atoms with van der Waals surface area (Å²) in [6.07, 6.45) is -5.67. The molecule has 0 aliphatic carbocycles. The van der Waals surface area contributed by atoms with E-state index in [0.29, 0.717) is 6.54 Å². The molecule has 0 aliphatic heterocycles. The second-order valence-corrected chi connectivity index (χ2v) is 3.26. The first-order chi connectivity index (χ1) is 6.95. The molecule has 0 saturated carbocycles. The van der Waals surface area contributed by atoms with Gasteiger partial charge in [-0.1, -0.05) is 6.92 Å². The van der Waals surface area contributed by atoms with E-state index in [1.165, 1.54) is 0 Å². The van der Waals surface area contributed by atoms with Gasteiger partial charge < -0.3 is 15.2 Å². The molecule has 15 heavy (non-hydrogen) atoms. The summed E-state index contributed by atoms with van der Waals surface area (Å²) in [5, 5.41) is 12.1. The third-order valence-corrected chi connectivity index (χ3v) is 1.69. The molecular formula is C9H18F3NO2. The first kappa shape index (κ1) is 14.7. The molecule has 0 saturated heterocycles. The number of aliphatic hydroxyl groups excluding tert-OH is 1. The Kier molecular flexibility index (Phi) is 7.72. The molecule has 0 spiro atoms. The predicted octanol–water partition coefficient (Wildman–Crippen LogP) is 1.32. The maximum Gasteiger partial charge on any atom is 0.389 e. The van der Waals surface area contributed by atoms with Crippen LogP contribution in [-0.4, -0.2) is 43.7 Å². The Morgan fingerprint density at radius 1 is 1.40 bits per heavy atom. The maximum atomic E-state index is 11.7. The molecule has 1 atom stereocenters. The van der Waals surface area contributed by atoms with Crippen LogP contribution in [0.3, 0.4) is 0 Å². The molecule has 0 aromatic heterocycles. The number of halogens is 3. The van der Waals surface area contributed by atoms with E-state index >= 15 is 0 Å². The minimum absolute atomic E-state index is 0.0305. The number of hydrogen-bond donors (Lipinski definition) is 2. The normalized spacial score (nSPS) is 14.2. The van der Waals surface area contributed by atoms with Crippen molar-refractivity contribution in [2.24, 2.45) is 0 Å². The highest BCUT2D eigenvalue weighted by Crippen LogP contribution is 2.20. The van der Waals surface area contributed by atoms with Gasteiger partial charge in [-0.25, -0.2) is 0 Å². The molecule has 1 unspecified atom stereocenters. The Bertz CT molecular complexity index is 153. The minimum Gasteiger partial charge on any atom is -0.389 e. The van der Waals surface area contributed by atoms with Gasteiger partial charge in [-0.2, -0.15) is 13.2 Å². The average molecular weight is 229 g/mol.